The second-order valence-corrected chi connectivity index (χ2v) is 8.85. The van der Waals surface area contributed by atoms with Crippen LogP contribution in [0.25, 0.3) is 0 Å². The number of aliphatic hydroxyl groups is 1. The summed E-state index contributed by atoms with van der Waals surface area (Å²) in [5.74, 6) is -1.16. The molecule has 0 aliphatic heterocycles. The fourth-order valence-corrected chi connectivity index (χ4v) is 3.67. The van der Waals surface area contributed by atoms with E-state index < -0.39 is 32.5 Å². The highest BCUT2D eigenvalue weighted by Gasteiger charge is 2.19. The third-order valence-electron chi connectivity index (χ3n) is 4.54. The molecule has 4 N–H and O–H groups in total. The van der Waals surface area contributed by atoms with Crippen LogP contribution in [0.3, 0.4) is 0 Å². The number of sulfone groups is 1. The van der Waals surface area contributed by atoms with E-state index in [1.807, 2.05) is 30.3 Å². The summed E-state index contributed by atoms with van der Waals surface area (Å²) in [7, 11) is -2.24. The number of aromatic nitrogens is 2. The quantitative estimate of drug-likeness (QED) is 0.403. The van der Waals surface area contributed by atoms with Gasteiger partial charge in [-0.2, -0.15) is 4.98 Å². The number of hydrogen-bond acceptors (Lipinski definition) is 8. The molecule has 0 saturated carbocycles. The molecule has 0 fully saturated rings. The second kappa shape index (κ2) is 9.71. The fourth-order valence-electron chi connectivity index (χ4n) is 2.95. The lowest BCUT2D eigenvalue weighted by molar-refractivity contribution is 0.0963. The largest absolute Gasteiger partial charge is 0.394 e. The van der Waals surface area contributed by atoms with Crippen molar-refractivity contribution in [2.75, 3.05) is 30.5 Å². The molecule has 168 valence electrons. The van der Waals surface area contributed by atoms with Crippen LogP contribution in [0.15, 0.2) is 59.6 Å². The maximum atomic E-state index is 14.2. The van der Waals surface area contributed by atoms with Gasteiger partial charge in [-0.05, 0) is 23.8 Å². The summed E-state index contributed by atoms with van der Waals surface area (Å²) in [6.45, 7) is -0.262. The number of hydrogen-bond donors (Lipinski definition) is 4. The van der Waals surface area contributed by atoms with E-state index in [1.165, 1.54) is 19.3 Å². The number of nitrogens with zero attached hydrogens (tertiary/aromatic N) is 2. The Balaban J connectivity index is 1.93. The van der Waals surface area contributed by atoms with Gasteiger partial charge in [-0.15, -0.1) is 0 Å². The maximum absolute atomic E-state index is 14.2. The molecule has 2 aromatic carbocycles. The Kier molecular flexibility index (Phi) is 7.01. The van der Waals surface area contributed by atoms with Crippen molar-refractivity contribution >= 4 is 33.2 Å². The van der Waals surface area contributed by atoms with Crippen molar-refractivity contribution in [3.05, 3.63) is 71.7 Å². The molecule has 0 unspecified atom stereocenters. The van der Waals surface area contributed by atoms with Crippen LogP contribution in [-0.4, -0.2) is 49.3 Å². The van der Waals surface area contributed by atoms with Gasteiger partial charge in [0.15, 0.2) is 9.84 Å². The molecular formula is C21H22FN5O4S. The minimum atomic E-state index is -3.70. The zero-order valence-electron chi connectivity index (χ0n) is 17.3. The van der Waals surface area contributed by atoms with E-state index >= 15 is 0 Å². The second-order valence-electron chi connectivity index (χ2n) is 6.87. The molecule has 32 heavy (non-hydrogen) atoms. The van der Waals surface area contributed by atoms with E-state index in [4.69, 9.17) is 0 Å². The SMILES string of the molecule is CNC(=O)c1cnc(Nc2ccc(S(C)(=O)=O)c(F)c2)nc1N[C@H](CO)c1ccccc1. The molecule has 0 bridgehead atoms. The Labute approximate surface area is 184 Å². The number of nitrogens with one attached hydrogen (secondary N) is 3. The number of anilines is 3. The van der Waals surface area contributed by atoms with Gasteiger partial charge in [0.05, 0.1) is 12.6 Å². The van der Waals surface area contributed by atoms with E-state index in [2.05, 4.69) is 25.9 Å². The first kappa shape index (κ1) is 23.1. The molecule has 1 amide bonds. The summed E-state index contributed by atoms with van der Waals surface area (Å²) >= 11 is 0. The van der Waals surface area contributed by atoms with Crippen LogP contribution in [0, 0.1) is 5.82 Å². The number of benzene rings is 2. The molecule has 11 heteroatoms. The van der Waals surface area contributed by atoms with Crippen LogP contribution in [0.2, 0.25) is 0 Å². The van der Waals surface area contributed by atoms with Crippen molar-refractivity contribution in [3.8, 4) is 0 Å². The summed E-state index contributed by atoms with van der Waals surface area (Å²) in [6.07, 6.45) is 2.21. The highest BCUT2D eigenvalue weighted by Crippen LogP contribution is 2.24. The van der Waals surface area contributed by atoms with Crippen LogP contribution in [0.5, 0.6) is 0 Å². The first-order valence-corrected chi connectivity index (χ1v) is 11.4. The highest BCUT2D eigenvalue weighted by atomic mass is 32.2. The minimum absolute atomic E-state index is 0.0383. The summed E-state index contributed by atoms with van der Waals surface area (Å²) in [5, 5.41) is 18.2. The van der Waals surface area contributed by atoms with E-state index in [9.17, 15) is 22.7 Å². The van der Waals surface area contributed by atoms with Crippen molar-refractivity contribution < 1.29 is 22.7 Å². The first-order valence-electron chi connectivity index (χ1n) is 9.51. The van der Waals surface area contributed by atoms with Gasteiger partial charge in [0.2, 0.25) is 5.95 Å². The summed E-state index contributed by atoms with van der Waals surface area (Å²) in [5.41, 5.74) is 1.14. The van der Waals surface area contributed by atoms with Crippen molar-refractivity contribution in [1.82, 2.24) is 15.3 Å². The molecule has 1 aromatic heterocycles. The Morgan fingerprint density at radius 3 is 2.50 bits per heavy atom. The summed E-state index contributed by atoms with van der Waals surface area (Å²) in [6, 6.07) is 12.1. The monoisotopic (exact) mass is 459 g/mol. The van der Waals surface area contributed by atoms with E-state index in [0.717, 1.165) is 24.0 Å². The molecule has 1 heterocycles. The standard InChI is InChI=1S/C21H22FN5O4S/c1-23-20(29)15-11-24-21(25-14-8-9-18(16(22)10-14)32(2,30)31)27-19(15)26-17(12-28)13-6-4-3-5-7-13/h3-11,17,28H,12H2,1-2H3,(H,23,29)(H2,24,25,26,27)/t17-/m1/s1. The number of rotatable bonds is 8. The molecule has 1 atom stereocenters. The Morgan fingerprint density at radius 1 is 1.19 bits per heavy atom. The average Bonchev–Trinajstić information content (AvgIpc) is 2.77. The third-order valence-corrected chi connectivity index (χ3v) is 5.67. The smallest absolute Gasteiger partial charge is 0.256 e. The predicted octanol–water partition coefficient (Wildman–Crippen LogP) is 2.27. The van der Waals surface area contributed by atoms with Crippen molar-refractivity contribution in [1.29, 1.82) is 0 Å². The van der Waals surface area contributed by atoms with Gasteiger partial charge in [0.1, 0.15) is 22.1 Å². The van der Waals surface area contributed by atoms with Gasteiger partial charge in [-0.1, -0.05) is 30.3 Å². The normalized spacial score (nSPS) is 12.1. The maximum Gasteiger partial charge on any atom is 0.256 e. The molecule has 3 aromatic rings. The van der Waals surface area contributed by atoms with Gasteiger partial charge in [-0.3, -0.25) is 4.79 Å². The molecule has 9 nitrogen and oxygen atoms in total. The molecule has 0 aliphatic rings. The van der Waals surface area contributed by atoms with Crippen molar-refractivity contribution in [2.45, 2.75) is 10.9 Å². The van der Waals surface area contributed by atoms with Gasteiger partial charge < -0.3 is 21.1 Å². The Morgan fingerprint density at radius 2 is 1.91 bits per heavy atom. The summed E-state index contributed by atoms with van der Waals surface area (Å²) in [4.78, 5) is 20.2. The molecule has 3 rings (SSSR count). The van der Waals surface area contributed by atoms with Crippen LogP contribution in [-0.2, 0) is 9.84 Å². The molecule has 0 saturated heterocycles. The van der Waals surface area contributed by atoms with Gasteiger partial charge in [0, 0.05) is 25.2 Å². The lowest BCUT2D eigenvalue weighted by Crippen LogP contribution is -2.23. The summed E-state index contributed by atoms with van der Waals surface area (Å²) < 4.78 is 37.4. The molecule has 0 spiro atoms. The van der Waals surface area contributed by atoms with E-state index in [1.54, 1.807) is 0 Å². The lowest BCUT2D eigenvalue weighted by Gasteiger charge is -2.19. The zero-order valence-corrected chi connectivity index (χ0v) is 18.1. The topological polar surface area (TPSA) is 133 Å². The molecular weight excluding hydrogens is 437 g/mol. The molecule has 0 radical (unpaired) electrons. The number of carbonyl (C=O) groups is 1. The number of carbonyl (C=O) groups excluding carboxylic acids is 1. The van der Waals surface area contributed by atoms with Crippen LogP contribution < -0.4 is 16.0 Å². The number of aliphatic hydroxyl groups excluding tert-OH is 1. The van der Waals surface area contributed by atoms with E-state index in [0.29, 0.717) is 0 Å². The van der Waals surface area contributed by atoms with Gasteiger partial charge >= 0.3 is 0 Å². The van der Waals surface area contributed by atoms with Crippen LogP contribution in [0.4, 0.5) is 21.8 Å². The first-order chi connectivity index (χ1) is 15.2. The highest BCUT2D eigenvalue weighted by molar-refractivity contribution is 7.90. The average molecular weight is 460 g/mol. The van der Waals surface area contributed by atoms with Gasteiger partial charge in [-0.25, -0.2) is 17.8 Å². The lowest BCUT2D eigenvalue weighted by atomic mass is 10.1. The third kappa shape index (κ3) is 5.37. The Bertz CT molecular complexity index is 1220. The fraction of sp³-hybridized carbons (Fsp3) is 0.190. The number of amides is 1. The van der Waals surface area contributed by atoms with Crippen molar-refractivity contribution in [2.24, 2.45) is 0 Å². The predicted molar refractivity (Wildman–Crippen MR) is 118 cm³/mol. The van der Waals surface area contributed by atoms with Crippen molar-refractivity contribution in [3.63, 3.8) is 0 Å². The minimum Gasteiger partial charge on any atom is -0.394 e. The van der Waals surface area contributed by atoms with Gasteiger partial charge in [0.25, 0.3) is 5.91 Å². The molecule has 0 aliphatic carbocycles. The van der Waals surface area contributed by atoms with Crippen LogP contribution in [0.1, 0.15) is 22.0 Å². The van der Waals surface area contributed by atoms with Crippen LogP contribution >= 0.6 is 0 Å². The Hall–Kier alpha value is -3.57. The zero-order chi connectivity index (χ0) is 23.3. The number of halogens is 1. The van der Waals surface area contributed by atoms with E-state index in [-0.39, 0.29) is 29.6 Å².